The van der Waals surface area contributed by atoms with Gasteiger partial charge < -0.3 is 10.1 Å². The number of hydrogen-bond donors (Lipinski definition) is 1. The Hall–Kier alpha value is -1.02. The number of rotatable bonds is 7. The molecular weight excluding hydrogens is 258 g/mol. The summed E-state index contributed by atoms with van der Waals surface area (Å²) in [7, 11) is 0. The van der Waals surface area contributed by atoms with Crippen LogP contribution in [-0.2, 0) is 6.54 Å². The van der Waals surface area contributed by atoms with Gasteiger partial charge in [0, 0.05) is 12.6 Å². The highest BCUT2D eigenvalue weighted by molar-refractivity contribution is 5.27. The fraction of sp³-hybridized carbons (Fsp3) is 0.684. The van der Waals surface area contributed by atoms with E-state index >= 15 is 0 Å². The van der Waals surface area contributed by atoms with Gasteiger partial charge in [-0.25, -0.2) is 0 Å². The van der Waals surface area contributed by atoms with Crippen molar-refractivity contribution < 1.29 is 4.74 Å². The minimum absolute atomic E-state index is 0.702. The van der Waals surface area contributed by atoms with Crippen molar-refractivity contribution in [3.05, 3.63) is 29.8 Å². The summed E-state index contributed by atoms with van der Waals surface area (Å²) in [5.74, 6) is 1.70. The summed E-state index contributed by atoms with van der Waals surface area (Å²) in [6.07, 6.45) is 9.42. The van der Waals surface area contributed by atoms with E-state index in [2.05, 4.69) is 43.4 Å². The maximum atomic E-state index is 5.76. The van der Waals surface area contributed by atoms with Gasteiger partial charge in [-0.15, -0.1) is 0 Å². The number of benzene rings is 1. The van der Waals surface area contributed by atoms with E-state index in [1.807, 2.05) is 0 Å². The van der Waals surface area contributed by atoms with Crippen LogP contribution < -0.4 is 10.1 Å². The Kier molecular flexibility index (Phi) is 7.08. The minimum Gasteiger partial charge on any atom is -0.494 e. The lowest BCUT2D eigenvalue weighted by molar-refractivity contribution is 0.289. The van der Waals surface area contributed by atoms with Crippen molar-refractivity contribution in [1.82, 2.24) is 5.32 Å². The summed E-state index contributed by atoms with van der Waals surface area (Å²) < 4.78 is 5.76. The molecule has 0 heterocycles. The van der Waals surface area contributed by atoms with Crippen LogP contribution >= 0.6 is 0 Å². The lowest BCUT2D eigenvalue weighted by Gasteiger charge is -2.16. The zero-order valence-electron chi connectivity index (χ0n) is 13.7. The summed E-state index contributed by atoms with van der Waals surface area (Å²) in [6.45, 7) is 6.26. The van der Waals surface area contributed by atoms with Gasteiger partial charge in [-0.05, 0) is 42.9 Å². The molecule has 0 bridgehead atoms. The number of ether oxygens (including phenoxy) is 1. The van der Waals surface area contributed by atoms with Crippen LogP contribution in [0.15, 0.2) is 24.3 Å². The van der Waals surface area contributed by atoms with E-state index in [0.717, 1.165) is 31.4 Å². The van der Waals surface area contributed by atoms with Gasteiger partial charge >= 0.3 is 0 Å². The fourth-order valence-corrected chi connectivity index (χ4v) is 2.86. The Morgan fingerprint density at radius 3 is 2.33 bits per heavy atom. The van der Waals surface area contributed by atoms with Gasteiger partial charge in [0.2, 0.25) is 0 Å². The SMILES string of the molecule is CC(C)CCOc1ccc(CNC2CCCCCC2)cc1. The highest BCUT2D eigenvalue weighted by Crippen LogP contribution is 2.18. The summed E-state index contributed by atoms with van der Waals surface area (Å²) in [5, 5.41) is 3.71. The standard InChI is InChI=1S/C19H31NO/c1-16(2)13-14-21-19-11-9-17(10-12-19)15-20-18-7-5-3-4-6-8-18/h9-12,16,18,20H,3-8,13-15H2,1-2H3. The second-order valence-corrected chi connectivity index (χ2v) is 6.74. The molecule has 0 atom stereocenters. The van der Waals surface area contributed by atoms with Crippen LogP contribution in [0.3, 0.4) is 0 Å². The molecule has 21 heavy (non-hydrogen) atoms. The van der Waals surface area contributed by atoms with Crippen molar-refractivity contribution in [1.29, 1.82) is 0 Å². The van der Waals surface area contributed by atoms with Gasteiger partial charge in [0.1, 0.15) is 5.75 Å². The fourth-order valence-electron chi connectivity index (χ4n) is 2.86. The molecule has 1 aliphatic carbocycles. The Morgan fingerprint density at radius 1 is 1.05 bits per heavy atom. The van der Waals surface area contributed by atoms with Crippen LogP contribution in [0.1, 0.15) is 64.4 Å². The molecule has 2 heteroatoms. The average Bonchev–Trinajstić information content (AvgIpc) is 2.75. The van der Waals surface area contributed by atoms with E-state index in [0.29, 0.717) is 5.92 Å². The molecule has 1 aliphatic rings. The predicted molar refractivity (Wildman–Crippen MR) is 89.7 cm³/mol. The van der Waals surface area contributed by atoms with Crippen molar-refractivity contribution in [3.8, 4) is 5.75 Å². The Morgan fingerprint density at radius 2 is 1.71 bits per heavy atom. The van der Waals surface area contributed by atoms with Crippen LogP contribution in [0, 0.1) is 5.92 Å². The first-order valence-corrected chi connectivity index (χ1v) is 8.69. The van der Waals surface area contributed by atoms with Crippen molar-refractivity contribution in [2.75, 3.05) is 6.61 Å². The number of nitrogens with one attached hydrogen (secondary N) is 1. The third kappa shape index (κ3) is 6.52. The molecule has 2 nitrogen and oxygen atoms in total. The molecule has 1 aromatic rings. The molecule has 0 spiro atoms. The molecule has 0 unspecified atom stereocenters. The van der Waals surface area contributed by atoms with Crippen LogP contribution in [0.25, 0.3) is 0 Å². The van der Waals surface area contributed by atoms with E-state index in [9.17, 15) is 0 Å². The third-order valence-electron chi connectivity index (χ3n) is 4.34. The Labute approximate surface area is 130 Å². The zero-order valence-corrected chi connectivity index (χ0v) is 13.7. The molecule has 1 saturated carbocycles. The number of hydrogen-bond acceptors (Lipinski definition) is 2. The third-order valence-corrected chi connectivity index (χ3v) is 4.34. The lowest BCUT2D eigenvalue weighted by atomic mass is 10.1. The zero-order chi connectivity index (χ0) is 14.9. The predicted octanol–water partition coefficient (Wildman–Crippen LogP) is 4.92. The second kappa shape index (κ2) is 9.09. The first kappa shape index (κ1) is 16.4. The quantitative estimate of drug-likeness (QED) is 0.719. The van der Waals surface area contributed by atoms with Crippen LogP contribution in [0.4, 0.5) is 0 Å². The summed E-state index contributed by atoms with van der Waals surface area (Å²) in [5.41, 5.74) is 1.36. The molecule has 1 aromatic carbocycles. The van der Waals surface area contributed by atoms with Crippen molar-refractivity contribution in [3.63, 3.8) is 0 Å². The maximum Gasteiger partial charge on any atom is 0.119 e. The molecule has 0 amide bonds. The van der Waals surface area contributed by atoms with Gasteiger partial charge in [-0.3, -0.25) is 0 Å². The lowest BCUT2D eigenvalue weighted by Crippen LogP contribution is -2.27. The normalized spacial score (nSPS) is 16.9. The first-order chi connectivity index (χ1) is 10.2. The highest BCUT2D eigenvalue weighted by atomic mass is 16.5. The second-order valence-electron chi connectivity index (χ2n) is 6.74. The molecule has 1 fully saturated rings. The Bertz CT molecular complexity index is 377. The summed E-state index contributed by atoms with van der Waals surface area (Å²) in [6, 6.07) is 9.30. The van der Waals surface area contributed by atoms with E-state index in [1.165, 1.54) is 44.1 Å². The molecule has 0 aliphatic heterocycles. The van der Waals surface area contributed by atoms with E-state index in [-0.39, 0.29) is 0 Å². The maximum absolute atomic E-state index is 5.76. The van der Waals surface area contributed by atoms with Gasteiger partial charge in [0.05, 0.1) is 6.61 Å². The molecule has 118 valence electrons. The van der Waals surface area contributed by atoms with Gasteiger partial charge in [0.25, 0.3) is 0 Å². The van der Waals surface area contributed by atoms with Crippen molar-refractivity contribution in [2.24, 2.45) is 5.92 Å². The molecule has 2 rings (SSSR count). The van der Waals surface area contributed by atoms with Crippen LogP contribution in [0.5, 0.6) is 5.75 Å². The van der Waals surface area contributed by atoms with Gasteiger partial charge in [-0.1, -0.05) is 51.7 Å². The smallest absolute Gasteiger partial charge is 0.119 e. The monoisotopic (exact) mass is 289 g/mol. The molecule has 0 saturated heterocycles. The largest absolute Gasteiger partial charge is 0.494 e. The molecule has 0 aromatic heterocycles. The van der Waals surface area contributed by atoms with E-state index in [4.69, 9.17) is 4.74 Å². The van der Waals surface area contributed by atoms with Crippen LogP contribution in [-0.4, -0.2) is 12.6 Å². The highest BCUT2D eigenvalue weighted by Gasteiger charge is 2.11. The summed E-state index contributed by atoms with van der Waals surface area (Å²) >= 11 is 0. The van der Waals surface area contributed by atoms with E-state index in [1.54, 1.807) is 0 Å². The van der Waals surface area contributed by atoms with Crippen LogP contribution in [0.2, 0.25) is 0 Å². The van der Waals surface area contributed by atoms with Crippen molar-refractivity contribution in [2.45, 2.75) is 71.4 Å². The molecular formula is C19H31NO. The van der Waals surface area contributed by atoms with Gasteiger partial charge in [-0.2, -0.15) is 0 Å². The average molecular weight is 289 g/mol. The molecule has 0 radical (unpaired) electrons. The first-order valence-electron chi connectivity index (χ1n) is 8.69. The van der Waals surface area contributed by atoms with E-state index < -0.39 is 0 Å². The minimum atomic E-state index is 0.702. The van der Waals surface area contributed by atoms with Gasteiger partial charge in [0.15, 0.2) is 0 Å². The Balaban J connectivity index is 1.71. The topological polar surface area (TPSA) is 21.3 Å². The van der Waals surface area contributed by atoms with Crippen molar-refractivity contribution >= 4 is 0 Å². The molecule has 1 N–H and O–H groups in total. The summed E-state index contributed by atoms with van der Waals surface area (Å²) in [4.78, 5) is 0.